The van der Waals surface area contributed by atoms with E-state index in [0.29, 0.717) is 17.0 Å². The first-order valence-corrected chi connectivity index (χ1v) is 18.1. The zero-order valence-electron chi connectivity index (χ0n) is 30.0. The second-order valence-electron chi connectivity index (χ2n) is 13.7. The van der Waals surface area contributed by atoms with Crippen LogP contribution in [0.5, 0.6) is 5.75 Å². The van der Waals surface area contributed by atoms with Gasteiger partial charge in [0.1, 0.15) is 36.2 Å². The molecule has 0 aliphatic carbocycles. The molecule has 2 saturated heterocycles. The Morgan fingerprint density at radius 2 is 1.60 bits per heavy atom. The van der Waals surface area contributed by atoms with E-state index in [1.165, 1.54) is 12.5 Å². The summed E-state index contributed by atoms with van der Waals surface area (Å²) < 4.78 is 21.9. The molecule has 2 fully saturated rings. The van der Waals surface area contributed by atoms with Crippen molar-refractivity contribution in [3.63, 3.8) is 0 Å². The zero-order valence-corrected chi connectivity index (χ0v) is 30.0. The van der Waals surface area contributed by atoms with Crippen molar-refractivity contribution >= 4 is 23.5 Å². The number of hydrogen-bond acceptors (Lipinski definition) is 11. The Hall–Kier alpha value is -4.49. The zero-order chi connectivity index (χ0) is 37.2. The van der Waals surface area contributed by atoms with Crippen molar-refractivity contribution in [2.75, 3.05) is 24.6 Å². The first-order chi connectivity index (χ1) is 25.0. The highest BCUT2D eigenvalue weighted by molar-refractivity contribution is 5.93. The van der Waals surface area contributed by atoms with Crippen LogP contribution in [-0.4, -0.2) is 83.6 Å². The number of benzene rings is 3. The molecule has 0 spiro atoms. The Balaban J connectivity index is 1.26. The maximum atomic E-state index is 13.5. The van der Waals surface area contributed by atoms with Crippen molar-refractivity contribution in [1.29, 1.82) is 0 Å². The van der Waals surface area contributed by atoms with E-state index < -0.39 is 42.6 Å². The van der Waals surface area contributed by atoms with Gasteiger partial charge >= 0.3 is 11.9 Å². The third kappa shape index (κ3) is 9.88. The van der Waals surface area contributed by atoms with Crippen LogP contribution >= 0.6 is 0 Å². The van der Waals surface area contributed by atoms with Gasteiger partial charge in [0.05, 0.1) is 19.1 Å². The third-order valence-electron chi connectivity index (χ3n) is 9.23. The van der Waals surface area contributed by atoms with Gasteiger partial charge < -0.3 is 44.5 Å². The van der Waals surface area contributed by atoms with Crippen LogP contribution in [0.3, 0.4) is 0 Å². The molecule has 0 bridgehead atoms. The number of carbonyl (C=O) groups excluding carboxylic acids is 3. The smallest absolute Gasteiger partial charge is 0.344 e. The van der Waals surface area contributed by atoms with E-state index in [9.17, 15) is 29.7 Å². The lowest BCUT2D eigenvalue weighted by Gasteiger charge is -2.38. The highest BCUT2D eigenvalue weighted by Gasteiger charge is 2.49. The molecule has 0 radical (unpaired) electrons. The summed E-state index contributed by atoms with van der Waals surface area (Å²) in [6.45, 7) is 8.06. The van der Waals surface area contributed by atoms with Crippen LogP contribution in [0.25, 0.3) is 0 Å². The fourth-order valence-corrected chi connectivity index (χ4v) is 6.61. The van der Waals surface area contributed by atoms with Crippen molar-refractivity contribution in [3.05, 3.63) is 95.1 Å². The molecule has 2 heterocycles. The summed E-state index contributed by atoms with van der Waals surface area (Å²) in [4.78, 5) is 42.1. The number of rotatable bonds is 14. The fraction of sp³-hybridized carbons (Fsp3) is 0.475. The Kier molecular flexibility index (Phi) is 13.6. The molecular weight excluding hydrogens is 668 g/mol. The molecule has 2 aliphatic heterocycles. The monoisotopic (exact) mass is 718 g/mol. The molecule has 52 heavy (non-hydrogen) atoms. The minimum absolute atomic E-state index is 0.0250. The van der Waals surface area contributed by atoms with E-state index in [0.717, 1.165) is 43.6 Å². The van der Waals surface area contributed by atoms with Gasteiger partial charge in [-0.2, -0.15) is 0 Å². The summed E-state index contributed by atoms with van der Waals surface area (Å²) in [7, 11) is 0. The van der Waals surface area contributed by atoms with Gasteiger partial charge in [0.25, 0.3) is 0 Å². The molecule has 0 unspecified atom stereocenters. The molecule has 3 aromatic carbocycles. The quantitative estimate of drug-likeness (QED) is 0.177. The minimum Gasteiger partial charge on any atom is -0.493 e. The molecule has 0 saturated carbocycles. The highest BCUT2D eigenvalue weighted by Crippen LogP contribution is 2.33. The maximum Gasteiger partial charge on any atom is 0.344 e. The number of para-hydroxylation sites is 1. The number of amides is 1. The molecule has 6 atom stereocenters. The number of nitrogens with zero attached hydrogens (tertiary/aromatic N) is 1. The van der Waals surface area contributed by atoms with E-state index in [2.05, 4.69) is 36.2 Å². The van der Waals surface area contributed by atoms with Crippen LogP contribution in [0.4, 0.5) is 5.69 Å². The first-order valence-electron chi connectivity index (χ1n) is 18.1. The van der Waals surface area contributed by atoms with Crippen LogP contribution in [0.15, 0.2) is 72.8 Å². The van der Waals surface area contributed by atoms with E-state index in [1.54, 1.807) is 49.4 Å². The number of aliphatic hydroxyl groups is 3. The second kappa shape index (κ2) is 18.3. The van der Waals surface area contributed by atoms with Crippen LogP contribution in [0.2, 0.25) is 0 Å². The van der Waals surface area contributed by atoms with E-state index in [1.807, 2.05) is 12.1 Å². The standard InChI is InChI=1S/C40H50N2O10/c1-4-49-32-22-27(23-33(43)41-30(21-25(2)3)28-15-9-10-16-31(28)42-19-11-6-12-20-42)17-18-29(32)38(47)52-40-36(46)34(44)35(45)37(51-40)39(48)50-24-26-13-7-5-8-14-26/h5,7-10,13-18,22,25,30,34-37,40,44-46H,4,6,11-12,19-21,23-24H2,1-3H3,(H,41,43)/t30-,34-,35-,36+,37+,40-/m0/s1. The number of nitrogens with one attached hydrogen (secondary N) is 1. The van der Waals surface area contributed by atoms with Crippen molar-refractivity contribution in [1.82, 2.24) is 5.32 Å². The normalized spacial score (nSPS) is 22.4. The summed E-state index contributed by atoms with van der Waals surface area (Å²) in [6, 6.07) is 21.5. The number of anilines is 1. The summed E-state index contributed by atoms with van der Waals surface area (Å²) >= 11 is 0. The second-order valence-corrected chi connectivity index (χ2v) is 13.7. The van der Waals surface area contributed by atoms with Gasteiger partial charge in [-0.1, -0.05) is 68.4 Å². The number of aliphatic hydroxyl groups excluding tert-OH is 3. The molecule has 4 N–H and O–H groups in total. The Bertz CT molecular complexity index is 1640. The minimum atomic E-state index is -1.88. The first kappa shape index (κ1) is 38.7. The van der Waals surface area contributed by atoms with Crippen molar-refractivity contribution in [3.8, 4) is 5.75 Å². The molecule has 0 aromatic heterocycles. The number of hydrogen-bond donors (Lipinski definition) is 4. The predicted octanol–water partition coefficient (Wildman–Crippen LogP) is 4.23. The van der Waals surface area contributed by atoms with E-state index in [4.69, 9.17) is 18.9 Å². The van der Waals surface area contributed by atoms with E-state index in [-0.39, 0.29) is 42.9 Å². The van der Waals surface area contributed by atoms with Crippen LogP contribution in [0.1, 0.15) is 79.5 Å². The molecule has 3 aromatic rings. The van der Waals surface area contributed by atoms with Crippen LogP contribution in [-0.2, 0) is 36.8 Å². The van der Waals surface area contributed by atoms with E-state index >= 15 is 0 Å². The lowest BCUT2D eigenvalue weighted by Crippen LogP contribution is -2.60. The Morgan fingerprint density at radius 3 is 2.31 bits per heavy atom. The molecule has 280 valence electrons. The maximum absolute atomic E-state index is 13.5. The average molecular weight is 719 g/mol. The lowest BCUT2D eigenvalue weighted by molar-refractivity contribution is -0.280. The Morgan fingerprint density at radius 1 is 0.885 bits per heavy atom. The topological polar surface area (TPSA) is 164 Å². The summed E-state index contributed by atoms with van der Waals surface area (Å²) in [6.07, 6.45) is -4.83. The fourth-order valence-electron chi connectivity index (χ4n) is 6.61. The number of esters is 2. The number of ether oxygens (including phenoxy) is 4. The largest absolute Gasteiger partial charge is 0.493 e. The van der Waals surface area contributed by atoms with Gasteiger partial charge in [0, 0.05) is 18.8 Å². The lowest BCUT2D eigenvalue weighted by atomic mass is 9.94. The van der Waals surface area contributed by atoms with Crippen molar-refractivity contribution < 1.29 is 48.7 Å². The SMILES string of the molecule is CCOc1cc(CC(=O)N[C@@H](CC(C)C)c2ccccc2N2CCCCC2)ccc1C(=O)O[C@@H]1O[C@@H](C(=O)OCc2ccccc2)[C@@H](O)[C@H](O)[C@H]1O. The van der Waals surface area contributed by atoms with Gasteiger partial charge in [-0.25, -0.2) is 9.59 Å². The van der Waals surface area contributed by atoms with Gasteiger partial charge in [0.2, 0.25) is 12.2 Å². The summed E-state index contributed by atoms with van der Waals surface area (Å²) in [5.74, 6) is -1.70. The summed E-state index contributed by atoms with van der Waals surface area (Å²) in [5.41, 5.74) is 3.50. The molecule has 5 rings (SSSR count). The highest BCUT2D eigenvalue weighted by atomic mass is 16.7. The van der Waals surface area contributed by atoms with Gasteiger partial charge in [-0.15, -0.1) is 0 Å². The third-order valence-corrected chi connectivity index (χ3v) is 9.23. The molecule has 2 aliphatic rings. The number of carbonyl (C=O) groups is 3. The molecular formula is C40H50N2O10. The molecule has 12 nitrogen and oxygen atoms in total. The van der Waals surface area contributed by atoms with Crippen molar-refractivity contribution in [2.24, 2.45) is 5.92 Å². The van der Waals surface area contributed by atoms with Crippen LogP contribution in [0, 0.1) is 5.92 Å². The van der Waals surface area contributed by atoms with Gasteiger partial charge in [-0.05, 0) is 73.4 Å². The number of piperidine rings is 1. The van der Waals surface area contributed by atoms with Crippen molar-refractivity contribution in [2.45, 2.75) is 96.2 Å². The average Bonchev–Trinajstić information content (AvgIpc) is 3.14. The van der Waals surface area contributed by atoms with Gasteiger partial charge in [-0.3, -0.25) is 4.79 Å². The Labute approximate surface area is 304 Å². The summed E-state index contributed by atoms with van der Waals surface area (Å²) in [5, 5.41) is 34.8. The predicted molar refractivity (Wildman–Crippen MR) is 192 cm³/mol. The van der Waals surface area contributed by atoms with Crippen LogP contribution < -0.4 is 15.0 Å². The van der Waals surface area contributed by atoms with Gasteiger partial charge in [0.15, 0.2) is 6.10 Å². The molecule has 12 heteroatoms. The molecule has 1 amide bonds.